The molecule has 1 atom stereocenters. The van der Waals surface area contributed by atoms with E-state index in [0.717, 1.165) is 43.5 Å². The van der Waals surface area contributed by atoms with E-state index in [0.29, 0.717) is 5.69 Å². The SMILES string of the molecule is Cc1ccc(-c2cc(C(=O)N3CCCC3CCCO)[nH]n2)cc1. The normalized spacial score (nSPS) is 17.7. The molecular formula is C18H23N3O2. The first-order chi connectivity index (χ1) is 11.2. The lowest BCUT2D eigenvalue weighted by Gasteiger charge is -2.23. The molecule has 1 fully saturated rings. The van der Waals surface area contributed by atoms with Gasteiger partial charge in [-0.25, -0.2) is 0 Å². The number of benzene rings is 1. The minimum atomic E-state index is 0.0105. The fraction of sp³-hybridized carbons (Fsp3) is 0.444. The van der Waals surface area contributed by atoms with E-state index in [4.69, 9.17) is 5.11 Å². The molecule has 0 aliphatic carbocycles. The lowest BCUT2D eigenvalue weighted by molar-refractivity contribution is 0.0718. The van der Waals surface area contributed by atoms with Crippen molar-refractivity contribution in [3.63, 3.8) is 0 Å². The standard InChI is InChI=1S/C18H23N3O2/c1-13-6-8-14(9-7-13)16-12-17(20-19-16)18(23)21-10-2-4-15(21)5-3-11-22/h6-9,12,15,22H,2-5,10-11H2,1H3,(H,19,20). The number of nitrogens with one attached hydrogen (secondary N) is 1. The number of aryl methyl sites for hydroxylation is 1. The van der Waals surface area contributed by atoms with Gasteiger partial charge in [0.05, 0.1) is 5.69 Å². The third-order valence-corrected chi connectivity index (χ3v) is 4.49. The fourth-order valence-corrected chi connectivity index (χ4v) is 3.19. The number of carbonyl (C=O) groups is 1. The number of likely N-dealkylation sites (tertiary alicyclic amines) is 1. The van der Waals surface area contributed by atoms with Crippen LogP contribution in [0.15, 0.2) is 30.3 Å². The molecule has 1 unspecified atom stereocenters. The van der Waals surface area contributed by atoms with Gasteiger partial charge in [-0.1, -0.05) is 29.8 Å². The van der Waals surface area contributed by atoms with Crippen molar-refractivity contribution in [3.05, 3.63) is 41.6 Å². The van der Waals surface area contributed by atoms with Gasteiger partial charge in [0.2, 0.25) is 0 Å². The van der Waals surface area contributed by atoms with Crippen LogP contribution in [0.1, 0.15) is 41.7 Å². The largest absolute Gasteiger partial charge is 0.396 e. The number of aliphatic hydroxyl groups is 1. The molecule has 1 aliphatic heterocycles. The molecule has 2 heterocycles. The number of rotatable bonds is 5. The summed E-state index contributed by atoms with van der Waals surface area (Å²) < 4.78 is 0. The Balaban J connectivity index is 1.74. The molecule has 1 saturated heterocycles. The maximum atomic E-state index is 12.7. The van der Waals surface area contributed by atoms with E-state index in [1.807, 2.05) is 42.2 Å². The van der Waals surface area contributed by atoms with E-state index in [2.05, 4.69) is 10.2 Å². The predicted octanol–water partition coefficient (Wildman–Crippen LogP) is 2.76. The van der Waals surface area contributed by atoms with Crippen LogP contribution in [0.2, 0.25) is 0 Å². The maximum Gasteiger partial charge on any atom is 0.272 e. The van der Waals surface area contributed by atoms with E-state index in [1.165, 1.54) is 5.56 Å². The van der Waals surface area contributed by atoms with Crippen molar-refractivity contribution in [3.8, 4) is 11.3 Å². The van der Waals surface area contributed by atoms with Crippen LogP contribution >= 0.6 is 0 Å². The fourth-order valence-electron chi connectivity index (χ4n) is 3.19. The summed E-state index contributed by atoms with van der Waals surface area (Å²) in [6.07, 6.45) is 3.65. The van der Waals surface area contributed by atoms with Gasteiger partial charge in [0.1, 0.15) is 5.69 Å². The van der Waals surface area contributed by atoms with E-state index < -0.39 is 0 Å². The van der Waals surface area contributed by atoms with Gasteiger partial charge in [0.15, 0.2) is 0 Å². The van der Waals surface area contributed by atoms with Crippen molar-refractivity contribution in [2.45, 2.75) is 38.6 Å². The summed E-state index contributed by atoms with van der Waals surface area (Å²) in [5.41, 5.74) is 3.53. The van der Waals surface area contributed by atoms with Gasteiger partial charge in [-0.3, -0.25) is 9.89 Å². The van der Waals surface area contributed by atoms with Crippen molar-refractivity contribution in [2.24, 2.45) is 0 Å². The molecule has 23 heavy (non-hydrogen) atoms. The molecule has 1 aromatic heterocycles. The number of nitrogens with zero attached hydrogens (tertiary/aromatic N) is 2. The quantitative estimate of drug-likeness (QED) is 0.892. The summed E-state index contributed by atoms with van der Waals surface area (Å²) in [4.78, 5) is 14.6. The first-order valence-electron chi connectivity index (χ1n) is 8.23. The summed E-state index contributed by atoms with van der Waals surface area (Å²) in [7, 11) is 0. The van der Waals surface area contributed by atoms with E-state index >= 15 is 0 Å². The monoisotopic (exact) mass is 313 g/mol. The number of aromatic nitrogens is 2. The van der Waals surface area contributed by atoms with Crippen LogP contribution in [-0.2, 0) is 0 Å². The third-order valence-electron chi connectivity index (χ3n) is 4.49. The second-order valence-corrected chi connectivity index (χ2v) is 6.19. The molecule has 1 aliphatic rings. The summed E-state index contributed by atoms with van der Waals surface area (Å²) >= 11 is 0. The molecule has 3 rings (SSSR count). The van der Waals surface area contributed by atoms with Gasteiger partial charge < -0.3 is 10.0 Å². The smallest absolute Gasteiger partial charge is 0.272 e. The number of H-pyrrole nitrogens is 1. The van der Waals surface area contributed by atoms with Crippen LogP contribution in [0.25, 0.3) is 11.3 Å². The van der Waals surface area contributed by atoms with Crippen LogP contribution < -0.4 is 0 Å². The highest BCUT2D eigenvalue weighted by Gasteiger charge is 2.29. The van der Waals surface area contributed by atoms with Crippen LogP contribution in [0.5, 0.6) is 0 Å². The Morgan fingerprint density at radius 2 is 2.17 bits per heavy atom. The van der Waals surface area contributed by atoms with Crippen LogP contribution in [0.3, 0.4) is 0 Å². The van der Waals surface area contributed by atoms with Gasteiger partial charge in [-0.05, 0) is 38.7 Å². The topological polar surface area (TPSA) is 69.2 Å². The zero-order valence-electron chi connectivity index (χ0n) is 13.5. The summed E-state index contributed by atoms with van der Waals surface area (Å²) in [6.45, 7) is 3.01. The second kappa shape index (κ2) is 6.96. The summed E-state index contributed by atoms with van der Waals surface area (Å²) in [5.74, 6) is 0.0105. The number of hydrogen-bond donors (Lipinski definition) is 2. The number of amides is 1. The first-order valence-corrected chi connectivity index (χ1v) is 8.23. The second-order valence-electron chi connectivity index (χ2n) is 6.19. The molecule has 0 saturated carbocycles. The highest BCUT2D eigenvalue weighted by Crippen LogP contribution is 2.24. The Bertz CT molecular complexity index is 663. The number of aliphatic hydroxyl groups excluding tert-OH is 1. The lowest BCUT2D eigenvalue weighted by atomic mass is 10.1. The van der Waals surface area contributed by atoms with Gasteiger partial charge in [0, 0.05) is 24.8 Å². The third kappa shape index (κ3) is 3.45. The molecule has 0 radical (unpaired) electrons. The zero-order valence-corrected chi connectivity index (χ0v) is 13.5. The highest BCUT2D eigenvalue weighted by atomic mass is 16.3. The van der Waals surface area contributed by atoms with Crippen LogP contribution in [-0.4, -0.2) is 45.3 Å². The van der Waals surface area contributed by atoms with Crippen LogP contribution in [0, 0.1) is 6.92 Å². The Morgan fingerprint density at radius 1 is 1.39 bits per heavy atom. The van der Waals surface area contributed by atoms with Crippen molar-refractivity contribution < 1.29 is 9.90 Å². The van der Waals surface area contributed by atoms with Gasteiger partial charge in [-0.15, -0.1) is 0 Å². The molecular weight excluding hydrogens is 290 g/mol. The lowest BCUT2D eigenvalue weighted by Crippen LogP contribution is -2.35. The maximum absolute atomic E-state index is 12.7. The Kier molecular flexibility index (Phi) is 4.76. The number of aromatic amines is 1. The molecule has 0 bridgehead atoms. The Hall–Kier alpha value is -2.14. The van der Waals surface area contributed by atoms with E-state index in [-0.39, 0.29) is 18.6 Å². The average Bonchev–Trinajstić information content (AvgIpc) is 3.22. The van der Waals surface area contributed by atoms with Crippen LogP contribution in [0.4, 0.5) is 0 Å². The Labute approximate surface area is 136 Å². The first kappa shape index (κ1) is 15.7. The number of carbonyl (C=O) groups excluding carboxylic acids is 1. The zero-order chi connectivity index (χ0) is 16.2. The molecule has 2 aromatic rings. The van der Waals surface area contributed by atoms with E-state index in [1.54, 1.807) is 0 Å². The van der Waals surface area contributed by atoms with E-state index in [9.17, 15) is 4.79 Å². The van der Waals surface area contributed by atoms with Crippen molar-refractivity contribution in [1.82, 2.24) is 15.1 Å². The summed E-state index contributed by atoms with van der Waals surface area (Å²) in [5, 5.41) is 16.2. The molecule has 5 nitrogen and oxygen atoms in total. The van der Waals surface area contributed by atoms with Crippen molar-refractivity contribution in [1.29, 1.82) is 0 Å². The molecule has 122 valence electrons. The minimum absolute atomic E-state index is 0.0105. The highest BCUT2D eigenvalue weighted by molar-refractivity contribution is 5.93. The summed E-state index contributed by atoms with van der Waals surface area (Å²) in [6, 6.07) is 10.2. The number of hydrogen-bond acceptors (Lipinski definition) is 3. The minimum Gasteiger partial charge on any atom is -0.396 e. The average molecular weight is 313 g/mol. The van der Waals surface area contributed by atoms with Gasteiger partial charge in [-0.2, -0.15) is 5.10 Å². The van der Waals surface area contributed by atoms with Gasteiger partial charge in [0.25, 0.3) is 5.91 Å². The predicted molar refractivity (Wildman–Crippen MR) is 89.1 cm³/mol. The molecule has 0 spiro atoms. The molecule has 5 heteroatoms. The van der Waals surface area contributed by atoms with Gasteiger partial charge >= 0.3 is 0 Å². The molecule has 2 N–H and O–H groups in total. The van der Waals surface area contributed by atoms with Crippen molar-refractivity contribution in [2.75, 3.05) is 13.2 Å². The molecule has 1 aromatic carbocycles. The van der Waals surface area contributed by atoms with Crippen molar-refractivity contribution >= 4 is 5.91 Å². The Morgan fingerprint density at radius 3 is 2.91 bits per heavy atom. The molecule has 1 amide bonds.